The minimum Gasteiger partial charge on any atom is -0.504 e. The molecule has 2 aromatic heterocycles. The zero-order chi connectivity index (χ0) is 19.3. The molecule has 0 fully saturated rings. The summed E-state index contributed by atoms with van der Waals surface area (Å²) in [6.07, 6.45) is 0.864. The van der Waals surface area contributed by atoms with Gasteiger partial charge in [0.2, 0.25) is 0 Å². The first-order valence-corrected chi connectivity index (χ1v) is 9.71. The van der Waals surface area contributed by atoms with Crippen molar-refractivity contribution in [1.82, 2.24) is 10.2 Å². The number of aromatic hydroxyl groups is 1. The minimum absolute atomic E-state index is 0.148. The highest BCUT2D eigenvalue weighted by Crippen LogP contribution is 2.47. The smallest absolute Gasteiger partial charge is 0.161 e. The molecule has 0 saturated carbocycles. The van der Waals surface area contributed by atoms with E-state index in [2.05, 4.69) is 16.3 Å². The Labute approximate surface area is 166 Å². The van der Waals surface area contributed by atoms with Crippen LogP contribution in [-0.2, 0) is 6.42 Å². The number of methoxy groups -OCH3 is 2. The Bertz CT molecular complexity index is 1180. The van der Waals surface area contributed by atoms with Gasteiger partial charge in [-0.1, -0.05) is 0 Å². The van der Waals surface area contributed by atoms with E-state index >= 15 is 0 Å². The van der Waals surface area contributed by atoms with E-state index in [4.69, 9.17) is 9.47 Å². The quantitative estimate of drug-likeness (QED) is 0.448. The lowest BCUT2D eigenvalue weighted by Gasteiger charge is -2.05. The van der Waals surface area contributed by atoms with E-state index in [1.165, 1.54) is 16.0 Å². The van der Waals surface area contributed by atoms with Gasteiger partial charge in [-0.2, -0.15) is 5.10 Å². The number of nitrogens with one attached hydrogen (secondary N) is 1. The fourth-order valence-corrected chi connectivity index (χ4v) is 4.83. The van der Waals surface area contributed by atoms with Crippen LogP contribution in [0.15, 0.2) is 48.5 Å². The zero-order valence-electron chi connectivity index (χ0n) is 15.4. The fourth-order valence-electron chi connectivity index (χ4n) is 3.65. The second-order valence-electron chi connectivity index (χ2n) is 6.67. The molecule has 0 unspecified atom stereocenters. The highest BCUT2D eigenvalue weighted by atomic mass is 32.1. The first-order chi connectivity index (χ1) is 13.7. The number of benzene rings is 2. The Kier molecular flexibility index (Phi) is 3.87. The van der Waals surface area contributed by atoms with Crippen LogP contribution in [0.4, 0.5) is 0 Å². The van der Waals surface area contributed by atoms with Crippen LogP contribution in [0.2, 0.25) is 0 Å². The standard InChI is InChI=1S/C22H18N2O3S/c1-26-14-6-3-12(4-7-14)21-16-11-20-15(22(16)24-23-21)10-19(28-20)13-5-8-17(25)18(9-13)27-2/h3-10,25H,11H2,1-2H3,(H,23,24). The monoisotopic (exact) mass is 390 g/mol. The highest BCUT2D eigenvalue weighted by Gasteiger charge is 2.27. The topological polar surface area (TPSA) is 67.4 Å². The summed E-state index contributed by atoms with van der Waals surface area (Å²) in [5, 5.41) is 17.6. The van der Waals surface area contributed by atoms with Gasteiger partial charge in [0, 0.05) is 32.9 Å². The third-order valence-electron chi connectivity index (χ3n) is 5.11. The number of hydrogen-bond donors (Lipinski definition) is 2. The van der Waals surface area contributed by atoms with E-state index in [-0.39, 0.29) is 5.75 Å². The van der Waals surface area contributed by atoms with Gasteiger partial charge in [-0.15, -0.1) is 11.3 Å². The Morgan fingerprint density at radius 2 is 1.79 bits per heavy atom. The molecule has 1 aliphatic rings. The Balaban J connectivity index is 1.51. The van der Waals surface area contributed by atoms with E-state index in [1.807, 2.05) is 36.4 Å². The van der Waals surface area contributed by atoms with E-state index in [0.717, 1.165) is 39.6 Å². The Hall–Kier alpha value is -3.25. The summed E-state index contributed by atoms with van der Waals surface area (Å²) in [6, 6.07) is 15.6. The number of rotatable bonds is 4. The van der Waals surface area contributed by atoms with Gasteiger partial charge >= 0.3 is 0 Å². The van der Waals surface area contributed by atoms with Gasteiger partial charge in [0.05, 0.1) is 25.6 Å². The average Bonchev–Trinajstić information content (AvgIpc) is 3.39. The first kappa shape index (κ1) is 16.9. The van der Waals surface area contributed by atoms with Crippen molar-refractivity contribution >= 4 is 11.3 Å². The summed E-state index contributed by atoms with van der Waals surface area (Å²) in [5.41, 5.74) is 6.64. The summed E-state index contributed by atoms with van der Waals surface area (Å²) in [6.45, 7) is 0. The molecule has 2 heterocycles. The maximum absolute atomic E-state index is 9.83. The summed E-state index contributed by atoms with van der Waals surface area (Å²) in [4.78, 5) is 2.47. The first-order valence-electron chi connectivity index (χ1n) is 8.90. The van der Waals surface area contributed by atoms with E-state index in [9.17, 15) is 5.11 Å². The van der Waals surface area contributed by atoms with Crippen molar-refractivity contribution in [2.45, 2.75) is 6.42 Å². The van der Waals surface area contributed by atoms with Gasteiger partial charge in [0.25, 0.3) is 0 Å². The molecule has 0 radical (unpaired) electrons. The molecule has 0 saturated heterocycles. The SMILES string of the molecule is COc1ccc(-c2n[nH]c3c2Cc2sc(-c4ccc(O)c(OC)c4)cc2-3)cc1. The van der Waals surface area contributed by atoms with Crippen LogP contribution in [0.3, 0.4) is 0 Å². The molecule has 1 aliphatic carbocycles. The zero-order valence-corrected chi connectivity index (χ0v) is 16.3. The Morgan fingerprint density at radius 3 is 2.54 bits per heavy atom. The Morgan fingerprint density at radius 1 is 1.00 bits per heavy atom. The predicted molar refractivity (Wildman–Crippen MR) is 110 cm³/mol. The van der Waals surface area contributed by atoms with Crippen LogP contribution in [0.25, 0.3) is 33.0 Å². The summed E-state index contributed by atoms with van der Waals surface area (Å²) in [5.74, 6) is 1.47. The number of aromatic amines is 1. The third kappa shape index (κ3) is 2.57. The molecule has 4 aromatic rings. The van der Waals surface area contributed by atoms with Crippen molar-refractivity contribution in [2.24, 2.45) is 0 Å². The molecule has 140 valence electrons. The van der Waals surface area contributed by atoms with Gasteiger partial charge in [-0.25, -0.2) is 0 Å². The van der Waals surface area contributed by atoms with Crippen molar-refractivity contribution in [3.8, 4) is 50.2 Å². The fraction of sp³-hybridized carbons (Fsp3) is 0.136. The molecule has 2 N–H and O–H groups in total. The van der Waals surface area contributed by atoms with Crippen molar-refractivity contribution in [2.75, 3.05) is 14.2 Å². The van der Waals surface area contributed by atoms with Gasteiger partial charge in [-0.05, 0) is 54.1 Å². The normalized spacial score (nSPS) is 11.9. The molecule has 5 nitrogen and oxygen atoms in total. The summed E-state index contributed by atoms with van der Waals surface area (Å²) >= 11 is 1.77. The molecule has 0 atom stereocenters. The number of fused-ring (bicyclic) bond motifs is 3. The van der Waals surface area contributed by atoms with Gasteiger partial charge in [0.1, 0.15) is 5.75 Å². The number of aromatic nitrogens is 2. The molecule has 5 rings (SSSR count). The molecule has 0 spiro atoms. The lowest BCUT2D eigenvalue weighted by atomic mass is 10.1. The predicted octanol–water partition coefficient (Wildman–Crippen LogP) is 5.10. The minimum atomic E-state index is 0.148. The molecule has 6 heteroatoms. The lowest BCUT2D eigenvalue weighted by Crippen LogP contribution is -1.87. The van der Waals surface area contributed by atoms with Crippen LogP contribution < -0.4 is 9.47 Å². The van der Waals surface area contributed by atoms with Gasteiger partial charge in [0.15, 0.2) is 11.5 Å². The number of H-pyrrole nitrogens is 1. The molecule has 2 aromatic carbocycles. The van der Waals surface area contributed by atoms with Crippen molar-refractivity contribution in [1.29, 1.82) is 0 Å². The largest absolute Gasteiger partial charge is 0.504 e. The van der Waals surface area contributed by atoms with Crippen LogP contribution in [0.1, 0.15) is 10.4 Å². The third-order valence-corrected chi connectivity index (χ3v) is 6.29. The maximum atomic E-state index is 9.83. The van der Waals surface area contributed by atoms with E-state index in [0.29, 0.717) is 5.75 Å². The highest BCUT2D eigenvalue weighted by molar-refractivity contribution is 7.16. The van der Waals surface area contributed by atoms with Crippen LogP contribution in [-0.4, -0.2) is 29.5 Å². The van der Waals surface area contributed by atoms with Crippen LogP contribution in [0, 0.1) is 0 Å². The lowest BCUT2D eigenvalue weighted by molar-refractivity contribution is 0.373. The number of ether oxygens (including phenoxy) is 2. The summed E-state index contributed by atoms with van der Waals surface area (Å²) < 4.78 is 10.5. The van der Waals surface area contributed by atoms with Crippen molar-refractivity contribution in [3.05, 3.63) is 59.0 Å². The number of nitrogens with zero attached hydrogens (tertiary/aromatic N) is 1. The van der Waals surface area contributed by atoms with Crippen LogP contribution in [0.5, 0.6) is 17.2 Å². The van der Waals surface area contributed by atoms with Crippen molar-refractivity contribution < 1.29 is 14.6 Å². The molecular weight excluding hydrogens is 372 g/mol. The maximum Gasteiger partial charge on any atom is 0.161 e. The second kappa shape index (κ2) is 6.42. The van der Waals surface area contributed by atoms with E-state index < -0.39 is 0 Å². The number of thiophene rings is 1. The number of phenols is 1. The molecular formula is C22H18N2O3S. The van der Waals surface area contributed by atoms with Crippen LogP contribution >= 0.6 is 11.3 Å². The summed E-state index contributed by atoms with van der Waals surface area (Å²) in [7, 11) is 3.23. The second-order valence-corrected chi connectivity index (χ2v) is 7.80. The van der Waals surface area contributed by atoms with Crippen molar-refractivity contribution in [3.63, 3.8) is 0 Å². The average molecular weight is 390 g/mol. The molecule has 28 heavy (non-hydrogen) atoms. The van der Waals surface area contributed by atoms with Gasteiger partial charge in [-0.3, -0.25) is 5.10 Å². The molecule has 0 bridgehead atoms. The van der Waals surface area contributed by atoms with E-state index in [1.54, 1.807) is 31.6 Å². The number of phenolic OH excluding ortho intramolecular Hbond substituents is 1. The molecule has 0 aliphatic heterocycles. The number of hydrogen-bond acceptors (Lipinski definition) is 5. The van der Waals surface area contributed by atoms with Gasteiger partial charge < -0.3 is 14.6 Å². The molecule has 0 amide bonds.